The van der Waals surface area contributed by atoms with Crippen LogP contribution in [0.2, 0.25) is 0 Å². The van der Waals surface area contributed by atoms with Gasteiger partial charge < -0.3 is 10.1 Å². The molecule has 1 atom stereocenters. The summed E-state index contributed by atoms with van der Waals surface area (Å²) in [5.74, 6) is 0. The fraction of sp³-hybridized carbons (Fsp3) is 0.643. The predicted molar refractivity (Wildman–Crippen MR) is 71.4 cm³/mol. The Morgan fingerprint density at radius 2 is 1.95 bits per heavy atom. The number of likely N-dealkylation sites (N-methyl/N-ethyl adjacent to an activating group) is 1. The normalized spacial score (nSPS) is 14.3. The molecule has 1 unspecified atom stereocenters. The van der Waals surface area contributed by atoms with E-state index in [1.807, 2.05) is 13.8 Å². The first kappa shape index (κ1) is 16.9. The lowest BCUT2D eigenvalue weighted by molar-refractivity contribution is -0.139. The molecule has 1 heterocycles. The highest BCUT2D eigenvalue weighted by atomic mass is 19.4. The van der Waals surface area contributed by atoms with Crippen molar-refractivity contribution in [3.63, 3.8) is 0 Å². The van der Waals surface area contributed by atoms with Crippen molar-refractivity contribution < 1.29 is 17.9 Å². The molecule has 0 amide bonds. The van der Waals surface area contributed by atoms with Gasteiger partial charge in [-0.25, -0.2) is 0 Å². The van der Waals surface area contributed by atoms with Crippen molar-refractivity contribution in [1.82, 2.24) is 10.3 Å². The second-order valence-electron chi connectivity index (χ2n) is 4.99. The van der Waals surface area contributed by atoms with Gasteiger partial charge in [0.25, 0.3) is 0 Å². The van der Waals surface area contributed by atoms with E-state index in [-0.39, 0.29) is 5.56 Å². The highest BCUT2D eigenvalue weighted by molar-refractivity contribution is 5.31. The molecule has 0 aromatic carbocycles. The van der Waals surface area contributed by atoms with Crippen LogP contribution in [-0.4, -0.2) is 23.7 Å². The SMILES string of the molecule is CCNC(c1cnccc1C(F)(F)F)C(C)(C)OCC. The van der Waals surface area contributed by atoms with Gasteiger partial charge in [-0.1, -0.05) is 6.92 Å². The smallest absolute Gasteiger partial charge is 0.374 e. The highest BCUT2D eigenvalue weighted by Gasteiger charge is 2.39. The molecular weight excluding hydrogens is 269 g/mol. The fourth-order valence-corrected chi connectivity index (χ4v) is 2.28. The first-order valence-electron chi connectivity index (χ1n) is 6.62. The third-order valence-electron chi connectivity index (χ3n) is 3.09. The summed E-state index contributed by atoms with van der Waals surface area (Å²) < 4.78 is 45.0. The standard InChI is InChI=1S/C14H21F3N2O/c1-5-19-12(13(3,4)20-6-2)10-9-18-8-7-11(10)14(15,16)17/h7-9,12,19H,5-6H2,1-4H3. The minimum Gasteiger partial charge on any atom is -0.374 e. The van der Waals surface area contributed by atoms with Crippen molar-refractivity contribution in [3.8, 4) is 0 Å². The minimum atomic E-state index is -4.41. The van der Waals surface area contributed by atoms with Crippen LogP contribution in [0.5, 0.6) is 0 Å². The molecule has 0 radical (unpaired) electrons. The number of nitrogens with one attached hydrogen (secondary N) is 1. The molecule has 20 heavy (non-hydrogen) atoms. The Kier molecular flexibility index (Phi) is 5.53. The Labute approximate surface area is 117 Å². The van der Waals surface area contributed by atoms with Gasteiger partial charge in [0, 0.05) is 24.6 Å². The van der Waals surface area contributed by atoms with Gasteiger partial charge in [-0.05, 0) is 33.4 Å². The number of pyridine rings is 1. The summed E-state index contributed by atoms with van der Waals surface area (Å²) in [6.45, 7) is 8.18. The van der Waals surface area contributed by atoms with E-state index >= 15 is 0 Å². The van der Waals surface area contributed by atoms with E-state index in [9.17, 15) is 13.2 Å². The maximum absolute atomic E-state index is 13.1. The maximum Gasteiger partial charge on any atom is 0.416 e. The molecule has 3 nitrogen and oxygen atoms in total. The summed E-state index contributed by atoms with van der Waals surface area (Å²) in [4.78, 5) is 3.84. The first-order chi connectivity index (χ1) is 9.24. The van der Waals surface area contributed by atoms with E-state index in [0.29, 0.717) is 13.2 Å². The number of halogens is 3. The largest absolute Gasteiger partial charge is 0.416 e. The van der Waals surface area contributed by atoms with E-state index in [4.69, 9.17) is 4.74 Å². The van der Waals surface area contributed by atoms with Crippen molar-refractivity contribution >= 4 is 0 Å². The van der Waals surface area contributed by atoms with Crippen LogP contribution in [0.1, 0.15) is 44.9 Å². The van der Waals surface area contributed by atoms with Crippen molar-refractivity contribution in [3.05, 3.63) is 29.6 Å². The predicted octanol–water partition coefficient (Wildman–Crippen LogP) is 3.57. The molecule has 1 aromatic heterocycles. The Morgan fingerprint density at radius 1 is 1.30 bits per heavy atom. The van der Waals surface area contributed by atoms with Crippen LogP contribution >= 0.6 is 0 Å². The quantitative estimate of drug-likeness (QED) is 0.869. The molecular formula is C14H21F3N2O. The maximum atomic E-state index is 13.1. The second kappa shape index (κ2) is 6.54. The van der Waals surface area contributed by atoms with Crippen molar-refractivity contribution in [2.24, 2.45) is 0 Å². The number of rotatable bonds is 6. The molecule has 1 aromatic rings. The number of hydrogen-bond donors (Lipinski definition) is 1. The molecule has 0 aliphatic rings. The molecule has 6 heteroatoms. The van der Waals surface area contributed by atoms with Crippen LogP contribution in [0, 0.1) is 0 Å². The summed E-state index contributed by atoms with van der Waals surface area (Å²) in [5.41, 5.74) is -1.33. The van der Waals surface area contributed by atoms with Gasteiger partial charge in [-0.15, -0.1) is 0 Å². The molecule has 1 N–H and O–H groups in total. The van der Waals surface area contributed by atoms with E-state index in [1.165, 1.54) is 6.20 Å². The fourth-order valence-electron chi connectivity index (χ4n) is 2.28. The Morgan fingerprint density at radius 3 is 2.45 bits per heavy atom. The average Bonchev–Trinajstić information content (AvgIpc) is 2.34. The van der Waals surface area contributed by atoms with E-state index in [2.05, 4.69) is 10.3 Å². The Balaban J connectivity index is 3.29. The summed E-state index contributed by atoms with van der Waals surface area (Å²) in [7, 11) is 0. The van der Waals surface area contributed by atoms with Crippen molar-refractivity contribution in [2.75, 3.05) is 13.2 Å². The number of aromatic nitrogens is 1. The zero-order chi connectivity index (χ0) is 15.4. The molecule has 0 aliphatic heterocycles. The van der Waals surface area contributed by atoms with Crippen LogP contribution in [0.25, 0.3) is 0 Å². The topological polar surface area (TPSA) is 34.2 Å². The monoisotopic (exact) mass is 290 g/mol. The van der Waals surface area contributed by atoms with Crippen LogP contribution in [0.4, 0.5) is 13.2 Å². The van der Waals surface area contributed by atoms with Gasteiger partial charge in [0.1, 0.15) is 0 Å². The van der Waals surface area contributed by atoms with Gasteiger partial charge in [0.2, 0.25) is 0 Å². The second-order valence-corrected chi connectivity index (χ2v) is 4.99. The zero-order valence-corrected chi connectivity index (χ0v) is 12.2. The van der Waals surface area contributed by atoms with Crippen LogP contribution in [-0.2, 0) is 10.9 Å². The van der Waals surface area contributed by atoms with Gasteiger partial charge >= 0.3 is 6.18 Å². The molecule has 114 valence electrons. The first-order valence-corrected chi connectivity index (χ1v) is 6.62. The zero-order valence-electron chi connectivity index (χ0n) is 12.2. The van der Waals surface area contributed by atoms with Gasteiger partial charge in [0.05, 0.1) is 17.2 Å². The van der Waals surface area contributed by atoms with Crippen molar-refractivity contribution in [2.45, 2.75) is 45.5 Å². The number of hydrogen-bond acceptors (Lipinski definition) is 3. The molecule has 0 bridgehead atoms. The molecule has 0 fully saturated rings. The molecule has 1 rings (SSSR count). The van der Waals surface area contributed by atoms with E-state index in [1.54, 1.807) is 13.8 Å². The van der Waals surface area contributed by atoms with Crippen LogP contribution in [0.15, 0.2) is 18.5 Å². The molecule has 0 aliphatic carbocycles. The van der Waals surface area contributed by atoms with E-state index in [0.717, 1.165) is 12.3 Å². The number of ether oxygens (including phenoxy) is 1. The summed E-state index contributed by atoms with van der Waals surface area (Å²) >= 11 is 0. The third-order valence-corrected chi connectivity index (χ3v) is 3.09. The molecule has 0 saturated heterocycles. The molecule has 0 saturated carbocycles. The lowest BCUT2D eigenvalue weighted by atomic mass is 9.89. The minimum absolute atomic E-state index is 0.111. The summed E-state index contributed by atoms with van der Waals surface area (Å²) in [5, 5.41) is 3.07. The van der Waals surface area contributed by atoms with Gasteiger partial charge in [-0.3, -0.25) is 4.98 Å². The lowest BCUT2D eigenvalue weighted by Gasteiger charge is -2.36. The van der Waals surface area contributed by atoms with Gasteiger partial charge in [-0.2, -0.15) is 13.2 Å². The number of nitrogens with zero attached hydrogens (tertiary/aromatic N) is 1. The molecule has 0 spiro atoms. The van der Waals surface area contributed by atoms with Crippen molar-refractivity contribution in [1.29, 1.82) is 0 Å². The lowest BCUT2D eigenvalue weighted by Crippen LogP contribution is -2.42. The Hall–Kier alpha value is -1.14. The van der Waals surface area contributed by atoms with Gasteiger partial charge in [0.15, 0.2) is 0 Å². The Bertz CT molecular complexity index is 433. The van der Waals surface area contributed by atoms with Crippen LogP contribution in [0.3, 0.4) is 0 Å². The number of alkyl halides is 3. The van der Waals surface area contributed by atoms with Crippen LogP contribution < -0.4 is 5.32 Å². The third kappa shape index (κ3) is 3.93. The highest BCUT2D eigenvalue weighted by Crippen LogP contribution is 2.38. The average molecular weight is 290 g/mol. The summed E-state index contributed by atoms with van der Waals surface area (Å²) in [6.07, 6.45) is -1.99. The summed E-state index contributed by atoms with van der Waals surface area (Å²) in [6, 6.07) is 0.416. The van der Waals surface area contributed by atoms with E-state index < -0.39 is 23.4 Å².